The highest BCUT2D eigenvalue weighted by Gasteiger charge is 2.17. The molecule has 0 spiro atoms. The van der Waals surface area contributed by atoms with Gasteiger partial charge >= 0.3 is 0 Å². The zero-order valence-corrected chi connectivity index (χ0v) is 12.3. The predicted octanol–water partition coefficient (Wildman–Crippen LogP) is 2.54. The molecular weight excluding hydrogens is 240 g/mol. The van der Waals surface area contributed by atoms with Crippen molar-refractivity contribution in [1.82, 2.24) is 4.90 Å². The van der Waals surface area contributed by atoms with Crippen molar-refractivity contribution in [2.75, 3.05) is 38.7 Å². The summed E-state index contributed by atoms with van der Waals surface area (Å²) < 4.78 is 5.32. The quantitative estimate of drug-likeness (QED) is 0.769. The van der Waals surface area contributed by atoms with E-state index in [1.54, 1.807) is 0 Å². The number of aryl methyl sites for hydroxylation is 1. The van der Waals surface area contributed by atoms with Gasteiger partial charge < -0.3 is 15.0 Å². The third-order valence-electron chi connectivity index (χ3n) is 3.05. The topological polar surface area (TPSA) is 41.6 Å². The number of hydrogen-bond donors (Lipinski definition) is 1. The van der Waals surface area contributed by atoms with E-state index in [-0.39, 0.29) is 5.91 Å². The van der Waals surface area contributed by atoms with Crippen LogP contribution in [0.15, 0.2) is 18.2 Å². The molecule has 0 heterocycles. The lowest BCUT2D eigenvalue weighted by Crippen LogP contribution is -2.34. The van der Waals surface area contributed by atoms with Gasteiger partial charge in [-0.1, -0.05) is 11.6 Å². The summed E-state index contributed by atoms with van der Waals surface area (Å²) in [5, 5.41) is 3.07. The molecule has 1 N–H and O–H groups in total. The van der Waals surface area contributed by atoms with Crippen LogP contribution in [-0.2, 0) is 4.74 Å². The molecule has 0 aliphatic heterocycles. The second-order valence-electron chi connectivity index (χ2n) is 4.38. The van der Waals surface area contributed by atoms with Gasteiger partial charge in [-0.2, -0.15) is 0 Å². The van der Waals surface area contributed by atoms with E-state index in [0.717, 1.165) is 16.8 Å². The zero-order valence-electron chi connectivity index (χ0n) is 12.3. The molecule has 1 amide bonds. The largest absolute Gasteiger partial charge is 0.387 e. The van der Waals surface area contributed by atoms with Crippen molar-refractivity contribution < 1.29 is 9.53 Å². The lowest BCUT2D eigenvalue weighted by Gasteiger charge is -2.22. The number of ether oxygens (including phenoxy) is 1. The smallest absolute Gasteiger partial charge is 0.256 e. The van der Waals surface area contributed by atoms with Crippen LogP contribution in [0, 0.1) is 6.92 Å². The highest BCUT2D eigenvalue weighted by Crippen LogP contribution is 2.18. The molecule has 4 heteroatoms. The first-order valence-corrected chi connectivity index (χ1v) is 6.79. The molecule has 0 saturated carbocycles. The van der Waals surface area contributed by atoms with Gasteiger partial charge in [0.2, 0.25) is 0 Å². The molecule has 19 heavy (non-hydrogen) atoms. The van der Waals surface area contributed by atoms with E-state index in [9.17, 15) is 4.79 Å². The van der Waals surface area contributed by atoms with Crippen LogP contribution in [0.5, 0.6) is 0 Å². The Morgan fingerprint density at radius 3 is 2.68 bits per heavy atom. The van der Waals surface area contributed by atoms with Crippen LogP contribution in [0.1, 0.15) is 29.8 Å². The molecule has 0 aromatic heterocycles. The molecule has 0 saturated heterocycles. The second-order valence-corrected chi connectivity index (χ2v) is 4.38. The molecular formula is C15H24N2O2. The molecule has 1 aromatic rings. The zero-order chi connectivity index (χ0) is 14.3. The van der Waals surface area contributed by atoms with Crippen molar-refractivity contribution in [3.63, 3.8) is 0 Å². The molecule has 4 nitrogen and oxygen atoms in total. The average molecular weight is 264 g/mol. The van der Waals surface area contributed by atoms with Gasteiger partial charge in [0.25, 0.3) is 5.91 Å². The molecule has 1 aromatic carbocycles. The summed E-state index contributed by atoms with van der Waals surface area (Å²) >= 11 is 0. The standard InChI is InChI=1S/C15H24N2O2/c1-5-17(9-10-19-6-2)15(18)13-11-12(3)7-8-14(13)16-4/h7-8,11,16H,5-6,9-10H2,1-4H3. The van der Waals surface area contributed by atoms with E-state index in [0.29, 0.717) is 26.3 Å². The lowest BCUT2D eigenvalue weighted by molar-refractivity contribution is 0.0670. The summed E-state index contributed by atoms with van der Waals surface area (Å²) in [6, 6.07) is 5.87. The van der Waals surface area contributed by atoms with Crippen molar-refractivity contribution >= 4 is 11.6 Å². The maximum absolute atomic E-state index is 12.5. The Morgan fingerprint density at radius 1 is 1.37 bits per heavy atom. The highest BCUT2D eigenvalue weighted by molar-refractivity contribution is 5.99. The molecule has 0 aliphatic rings. The third kappa shape index (κ3) is 4.24. The van der Waals surface area contributed by atoms with Crippen LogP contribution >= 0.6 is 0 Å². The van der Waals surface area contributed by atoms with E-state index >= 15 is 0 Å². The first kappa shape index (κ1) is 15.5. The van der Waals surface area contributed by atoms with Gasteiger partial charge in [-0.3, -0.25) is 4.79 Å². The van der Waals surface area contributed by atoms with Crippen LogP contribution < -0.4 is 5.32 Å². The molecule has 0 fully saturated rings. The van der Waals surface area contributed by atoms with Crippen LogP contribution in [-0.4, -0.2) is 44.2 Å². The van der Waals surface area contributed by atoms with Crippen molar-refractivity contribution in [2.45, 2.75) is 20.8 Å². The fourth-order valence-electron chi connectivity index (χ4n) is 1.95. The summed E-state index contributed by atoms with van der Waals surface area (Å²) in [6.07, 6.45) is 0. The summed E-state index contributed by atoms with van der Waals surface area (Å²) in [4.78, 5) is 14.3. The number of benzene rings is 1. The molecule has 0 atom stereocenters. The summed E-state index contributed by atoms with van der Waals surface area (Å²) in [7, 11) is 1.83. The predicted molar refractivity (Wildman–Crippen MR) is 78.8 cm³/mol. The minimum absolute atomic E-state index is 0.0512. The number of carbonyl (C=O) groups is 1. The average Bonchev–Trinajstić information content (AvgIpc) is 2.43. The molecule has 0 aliphatic carbocycles. The van der Waals surface area contributed by atoms with Crippen molar-refractivity contribution in [3.8, 4) is 0 Å². The van der Waals surface area contributed by atoms with E-state index in [2.05, 4.69) is 5.32 Å². The number of carbonyl (C=O) groups excluding carboxylic acids is 1. The monoisotopic (exact) mass is 264 g/mol. The lowest BCUT2D eigenvalue weighted by atomic mass is 10.1. The Morgan fingerprint density at radius 2 is 2.11 bits per heavy atom. The normalized spacial score (nSPS) is 10.3. The Labute approximate surface area is 115 Å². The van der Waals surface area contributed by atoms with Gasteiger partial charge in [0, 0.05) is 32.4 Å². The Hall–Kier alpha value is -1.55. The molecule has 0 bridgehead atoms. The van der Waals surface area contributed by atoms with E-state index in [1.165, 1.54) is 0 Å². The van der Waals surface area contributed by atoms with Gasteiger partial charge in [0.1, 0.15) is 0 Å². The van der Waals surface area contributed by atoms with Crippen LogP contribution in [0.2, 0.25) is 0 Å². The molecule has 106 valence electrons. The second kappa shape index (κ2) is 7.79. The minimum atomic E-state index is 0.0512. The molecule has 1 rings (SSSR count). The SMILES string of the molecule is CCOCCN(CC)C(=O)c1cc(C)ccc1NC. The van der Waals surface area contributed by atoms with Gasteiger partial charge in [-0.15, -0.1) is 0 Å². The number of amides is 1. The summed E-state index contributed by atoms with van der Waals surface area (Å²) in [5.74, 6) is 0.0512. The van der Waals surface area contributed by atoms with Crippen molar-refractivity contribution in [2.24, 2.45) is 0 Å². The Balaban J connectivity index is 2.87. The van der Waals surface area contributed by atoms with Gasteiger partial charge in [-0.25, -0.2) is 0 Å². The Kier molecular flexibility index (Phi) is 6.36. The number of rotatable bonds is 7. The highest BCUT2D eigenvalue weighted by atomic mass is 16.5. The van der Waals surface area contributed by atoms with E-state index in [4.69, 9.17) is 4.74 Å². The van der Waals surface area contributed by atoms with Crippen LogP contribution in [0.25, 0.3) is 0 Å². The van der Waals surface area contributed by atoms with Gasteiger partial charge in [-0.05, 0) is 32.9 Å². The maximum Gasteiger partial charge on any atom is 0.256 e. The fraction of sp³-hybridized carbons (Fsp3) is 0.533. The van der Waals surface area contributed by atoms with Crippen molar-refractivity contribution in [1.29, 1.82) is 0 Å². The number of anilines is 1. The number of likely N-dealkylation sites (N-methyl/N-ethyl adjacent to an activating group) is 1. The molecule has 0 radical (unpaired) electrons. The summed E-state index contributed by atoms with van der Waals surface area (Å²) in [5.41, 5.74) is 2.68. The first-order valence-electron chi connectivity index (χ1n) is 6.79. The van der Waals surface area contributed by atoms with Crippen LogP contribution in [0.4, 0.5) is 5.69 Å². The Bertz CT molecular complexity index is 419. The maximum atomic E-state index is 12.5. The van der Waals surface area contributed by atoms with Crippen LogP contribution in [0.3, 0.4) is 0 Å². The number of nitrogens with one attached hydrogen (secondary N) is 1. The summed E-state index contributed by atoms with van der Waals surface area (Å²) in [6.45, 7) is 8.50. The van der Waals surface area contributed by atoms with Gasteiger partial charge in [0.05, 0.1) is 12.2 Å². The van der Waals surface area contributed by atoms with Crippen molar-refractivity contribution in [3.05, 3.63) is 29.3 Å². The van der Waals surface area contributed by atoms with E-state index < -0.39 is 0 Å². The third-order valence-corrected chi connectivity index (χ3v) is 3.05. The van der Waals surface area contributed by atoms with Gasteiger partial charge in [0.15, 0.2) is 0 Å². The number of hydrogen-bond acceptors (Lipinski definition) is 3. The van der Waals surface area contributed by atoms with E-state index in [1.807, 2.05) is 50.9 Å². The fourth-order valence-corrected chi connectivity index (χ4v) is 1.95. The number of nitrogens with zero attached hydrogens (tertiary/aromatic N) is 1. The minimum Gasteiger partial charge on any atom is -0.387 e. The first-order chi connectivity index (χ1) is 9.13. The molecule has 0 unspecified atom stereocenters.